The van der Waals surface area contributed by atoms with Crippen LogP contribution >= 0.6 is 11.6 Å². The van der Waals surface area contributed by atoms with Gasteiger partial charge in [0.15, 0.2) is 0 Å². The SMILES string of the molecule is CN(CCO)c1cc(-c2nc3c([nH]2)CCC=C3)c(Cl)cn1. The molecule has 0 aromatic carbocycles. The second-order valence-corrected chi connectivity index (χ2v) is 5.46. The molecular weight excluding hydrogens is 288 g/mol. The molecule has 2 heterocycles. The van der Waals surface area contributed by atoms with Crippen molar-refractivity contribution < 1.29 is 5.11 Å². The monoisotopic (exact) mass is 304 g/mol. The lowest BCUT2D eigenvalue weighted by Gasteiger charge is -2.17. The molecule has 0 bridgehead atoms. The highest BCUT2D eigenvalue weighted by Crippen LogP contribution is 2.30. The summed E-state index contributed by atoms with van der Waals surface area (Å²) in [5.41, 5.74) is 2.95. The summed E-state index contributed by atoms with van der Waals surface area (Å²) in [5.74, 6) is 1.52. The summed E-state index contributed by atoms with van der Waals surface area (Å²) in [6.07, 6.45) is 7.79. The number of aryl methyl sites for hydroxylation is 1. The summed E-state index contributed by atoms with van der Waals surface area (Å²) in [6.45, 7) is 0.599. The Morgan fingerprint density at radius 1 is 1.48 bits per heavy atom. The topological polar surface area (TPSA) is 65.0 Å². The standard InChI is InChI=1S/C15H17ClN4O/c1-20(6-7-21)14-8-10(11(16)9-17-14)15-18-12-4-2-3-5-13(12)19-15/h2,4,8-9,21H,3,5-7H2,1H3,(H,18,19). The molecule has 0 spiro atoms. The number of fused-ring (bicyclic) bond motifs is 1. The molecule has 3 rings (SSSR count). The number of allylic oxidation sites excluding steroid dienone is 1. The minimum atomic E-state index is 0.0793. The van der Waals surface area contributed by atoms with Gasteiger partial charge in [0.25, 0.3) is 0 Å². The smallest absolute Gasteiger partial charge is 0.139 e. The van der Waals surface area contributed by atoms with E-state index in [1.807, 2.05) is 24.1 Å². The molecule has 2 N–H and O–H groups in total. The maximum atomic E-state index is 9.03. The van der Waals surface area contributed by atoms with Crippen LogP contribution in [-0.2, 0) is 6.42 Å². The Hall–Kier alpha value is -1.85. The number of aliphatic hydroxyl groups is 1. The van der Waals surface area contributed by atoms with Crippen molar-refractivity contribution in [2.45, 2.75) is 12.8 Å². The van der Waals surface area contributed by atoms with Gasteiger partial charge in [-0.25, -0.2) is 9.97 Å². The molecule has 0 radical (unpaired) electrons. The summed E-state index contributed by atoms with van der Waals surface area (Å²) in [7, 11) is 1.88. The summed E-state index contributed by atoms with van der Waals surface area (Å²) < 4.78 is 0. The number of pyridine rings is 1. The van der Waals surface area contributed by atoms with Crippen LogP contribution in [0.1, 0.15) is 17.8 Å². The molecule has 0 atom stereocenters. The third kappa shape index (κ3) is 2.80. The molecule has 110 valence electrons. The lowest BCUT2D eigenvalue weighted by Crippen LogP contribution is -2.22. The second kappa shape index (κ2) is 5.87. The van der Waals surface area contributed by atoms with Gasteiger partial charge in [0.2, 0.25) is 0 Å². The minimum Gasteiger partial charge on any atom is -0.395 e. The third-order valence-corrected chi connectivity index (χ3v) is 3.87. The van der Waals surface area contributed by atoms with E-state index in [-0.39, 0.29) is 6.61 Å². The minimum absolute atomic E-state index is 0.0793. The molecule has 0 unspecified atom stereocenters. The molecule has 0 aliphatic heterocycles. The number of imidazole rings is 1. The number of hydrogen-bond acceptors (Lipinski definition) is 4. The number of hydrogen-bond donors (Lipinski definition) is 2. The predicted octanol–water partition coefficient (Wildman–Crippen LogP) is 2.51. The second-order valence-electron chi connectivity index (χ2n) is 5.06. The van der Waals surface area contributed by atoms with Crippen molar-refractivity contribution in [3.63, 3.8) is 0 Å². The molecule has 0 fully saturated rings. The van der Waals surface area contributed by atoms with Gasteiger partial charge in [-0.3, -0.25) is 0 Å². The van der Waals surface area contributed by atoms with Gasteiger partial charge in [0.1, 0.15) is 11.6 Å². The van der Waals surface area contributed by atoms with Crippen LogP contribution in [0.3, 0.4) is 0 Å². The van der Waals surface area contributed by atoms with Gasteiger partial charge in [-0.05, 0) is 25.0 Å². The van der Waals surface area contributed by atoms with Gasteiger partial charge in [0, 0.05) is 31.0 Å². The van der Waals surface area contributed by atoms with Crippen LogP contribution < -0.4 is 4.90 Å². The highest BCUT2D eigenvalue weighted by atomic mass is 35.5. The van der Waals surface area contributed by atoms with Gasteiger partial charge < -0.3 is 15.0 Å². The molecule has 0 saturated heterocycles. The van der Waals surface area contributed by atoms with Crippen molar-refractivity contribution >= 4 is 23.5 Å². The van der Waals surface area contributed by atoms with E-state index in [0.29, 0.717) is 11.6 Å². The third-order valence-electron chi connectivity index (χ3n) is 3.57. The van der Waals surface area contributed by atoms with Crippen molar-refractivity contribution in [2.75, 3.05) is 25.1 Å². The Morgan fingerprint density at radius 3 is 3.10 bits per heavy atom. The number of rotatable bonds is 4. The number of likely N-dealkylation sites (N-methyl/N-ethyl adjacent to an activating group) is 1. The van der Waals surface area contributed by atoms with Gasteiger partial charge in [-0.1, -0.05) is 17.7 Å². The molecule has 0 saturated carbocycles. The number of aromatic amines is 1. The first-order chi connectivity index (χ1) is 10.2. The number of nitrogens with one attached hydrogen (secondary N) is 1. The van der Waals surface area contributed by atoms with Crippen molar-refractivity contribution in [2.24, 2.45) is 0 Å². The molecule has 2 aromatic rings. The Balaban J connectivity index is 1.99. The Bertz CT molecular complexity index is 680. The maximum Gasteiger partial charge on any atom is 0.139 e. The highest BCUT2D eigenvalue weighted by molar-refractivity contribution is 6.33. The summed E-state index contributed by atoms with van der Waals surface area (Å²) >= 11 is 6.27. The van der Waals surface area contributed by atoms with E-state index in [1.54, 1.807) is 6.20 Å². The number of H-pyrrole nitrogens is 1. The predicted molar refractivity (Wildman–Crippen MR) is 84.5 cm³/mol. The van der Waals surface area contributed by atoms with Crippen LogP contribution in [0.15, 0.2) is 18.3 Å². The molecule has 1 aliphatic rings. The zero-order valence-electron chi connectivity index (χ0n) is 11.8. The van der Waals surface area contributed by atoms with E-state index in [1.165, 1.54) is 0 Å². The number of aromatic nitrogens is 3. The lowest BCUT2D eigenvalue weighted by molar-refractivity contribution is 0.304. The van der Waals surface area contributed by atoms with Crippen molar-refractivity contribution in [3.8, 4) is 11.4 Å². The van der Waals surface area contributed by atoms with Crippen molar-refractivity contribution in [1.29, 1.82) is 0 Å². The van der Waals surface area contributed by atoms with Crippen LogP contribution in [0.2, 0.25) is 5.02 Å². The summed E-state index contributed by atoms with van der Waals surface area (Å²) in [4.78, 5) is 14.1. The van der Waals surface area contributed by atoms with Crippen LogP contribution in [0, 0.1) is 0 Å². The fraction of sp³-hybridized carbons (Fsp3) is 0.333. The van der Waals surface area contributed by atoms with Crippen LogP contribution in [-0.4, -0.2) is 40.3 Å². The number of nitrogens with zero attached hydrogens (tertiary/aromatic N) is 3. The molecular formula is C15H17ClN4O. The first-order valence-electron chi connectivity index (χ1n) is 6.92. The van der Waals surface area contributed by atoms with Crippen LogP contribution in [0.25, 0.3) is 17.5 Å². The first kappa shape index (κ1) is 14.1. The average molecular weight is 305 g/mol. The molecule has 0 amide bonds. The molecule has 5 nitrogen and oxygen atoms in total. The Morgan fingerprint density at radius 2 is 2.33 bits per heavy atom. The quantitative estimate of drug-likeness (QED) is 0.911. The van der Waals surface area contributed by atoms with E-state index in [9.17, 15) is 0 Å². The largest absolute Gasteiger partial charge is 0.395 e. The highest BCUT2D eigenvalue weighted by Gasteiger charge is 2.15. The normalized spacial score (nSPS) is 13.3. The Kier molecular flexibility index (Phi) is 3.94. The van der Waals surface area contributed by atoms with E-state index < -0.39 is 0 Å². The summed E-state index contributed by atoms with van der Waals surface area (Å²) in [6, 6.07) is 1.89. The average Bonchev–Trinajstić information content (AvgIpc) is 2.91. The van der Waals surface area contributed by atoms with Gasteiger partial charge in [0.05, 0.1) is 17.3 Å². The fourth-order valence-electron chi connectivity index (χ4n) is 2.38. The Labute approximate surface area is 128 Å². The van der Waals surface area contributed by atoms with E-state index >= 15 is 0 Å². The zero-order chi connectivity index (χ0) is 14.8. The van der Waals surface area contributed by atoms with Gasteiger partial charge in [-0.2, -0.15) is 0 Å². The molecule has 6 heteroatoms. The van der Waals surface area contributed by atoms with Crippen LogP contribution in [0.5, 0.6) is 0 Å². The first-order valence-corrected chi connectivity index (χ1v) is 7.30. The van der Waals surface area contributed by atoms with Gasteiger partial charge >= 0.3 is 0 Å². The maximum absolute atomic E-state index is 9.03. The molecule has 21 heavy (non-hydrogen) atoms. The van der Waals surface area contributed by atoms with E-state index in [4.69, 9.17) is 16.7 Å². The van der Waals surface area contributed by atoms with E-state index in [0.717, 1.165) is 41.4 Å². The zero-order valence-corrected chi connectivity index (χ0v) is 12.6. The van der Waals surface area contributed by atoms with Crippen molar-refractivity contribution in [1.82, 2.24) is 15.0 Å². The number of halogens is 1. The van der Waals surface area contributed by atoms with Crippen LogP contribution in [0.4, 0.5) is 5.82 Å². The van der Waals surface area contributed by atoms with E-state index in [2.05, 4.69) is 21.0 Å². The molecule has 1 aliphatic carbocycles. The van der Waals surface area contributed by atoms with Gasteiger partial charge in [-0.15, -0.1) is 0 Å². The lowest BCUT2D eigenvalue weighted by atomic mass is 10.1. The fourth-order valence-corrected chi connectivity index (χ4v) is 2.58. The summed E-state index contributed by atoms with van der Waals surface area (Å²) in [5, 5.41) is 9.59. The van der Waals surface area contributed by atoms with Crippen molar-refractivity contribution in [3.05, 3.63) is 34.7 Å². The number of aliphatic hydroxyl groups excluding tert-OH is 1. The number of anilines is 1. The molecule has 2 aromatic heterocycles.